The summed E-state index contributed by atoms with van der Waals surface area (Å²) in [5.74, 6) is 0.484. The Morgan fingerprint density at radius 1 is 1.33 bits per heavy atom. The molecule has 0 aliphatic rings. The van der Waals surface area contributed by atoms with Crippen LogP contribution in [0.4, 0.5) is 5.69 Å². The summed E-state index contributed by atoms with van der Waals surface area (Å²) in [5.41, 5.74) is 0.874. The average molecular weight is 223 g/mol. The third kappa shape index (κ3) is 4.38. The van der Waals surface area contributed by atoms with Gasteiger partial charge in [0.2, 0.25) is 5.91 Å². The Bertz CT molecular complexity index is 319. The molecule has 0 saturated carbocycles. The normalized spacial score (nSPS) is 10.4. The van der Waals surface area contributed by atoms with Gasteiger partial charge in [0.15, 0.2) is 0 Å². The summed E-state index contributed by atoms with van der Waals surface area (Å²) in [4.78, 5) is 12.7. The molecule has 3 heteroatoms. The van der Waals surface area contributed by atoms with Crippen LogP contribution >= 0.6 is 11.8 Å². The second-order valence-electron chi connectivity index (χ2n) is 3.87. The molecule has 1 amide bonds. The fourth-order valence-corrected chi connectivity index (χ4v) is 1.67. The number of nitrogens with one attached hydrogen (secondary N) is 1. The van der Waals surface area contributed by atoms with Gasteiger partial charge in [0.1, 0.15) is 0 Å². The molecule has 0 aliphatic carbocycles. The van der Waals surface area contributed by atoms with Crippen molar-refractivity contribution in [2.24, 2.45) is 5.92 Å². The molecular weight excluding hydrogens is 206 g/mol. The molecule has 0 heterocycles. The topological polar surface area (TPSA) is 29.1 Å². The highest BCUT2D eigenvalue weighted by molar-refractivity contribution is 7.98. The minimum Gasteiger partial charge on any atom is -0.326 e. The van der Waals surface area contributed by atoms with E-state index in [4.69, 9.17) is 0 Å². The van der Waals surface area contributed by atoms with Crippen molar-refractivity contribution in [3.8, 4) is 0 Å². The second-order valence-corrected chi connectivity index (χ2v) is 4.75. The van der Waals surface area contributed by atoms with Crippen molar-refractivity contribution in [1.82, 2.24) is 0 Å². The van der Waals surface area contributed by atoms with Gasteiger partial charge in [-0.05, 0) is 36.4 Å². The van der Waals surface area contributed by atoms with E-state index in [0.717, 1.165) is 5.69 Å². The van der Waals surface area contributed by atoms with Crippen LogP contribution in [0.1, 0.15) is 20.3 Å². The number of carbonyl (C=O) groups is 1. The van der Waals surface area contributed by atoms with Gasteiger partial charge in [-0.1, -0.05) is 13.8 Å². The number of thioether (sulfide) groups is 1. The van der Waals surface area contributed by atoms with Crippen molar-refractivity contribution in [1.29, 1.82) is 0 Å². The molecule has 1 rings (SSSR count). The van der Waals surface area contributed by atoms with Gasteiger partial charge in [0.05, 0.1) is 0 Å². The first-order valence-corrected chi connectivity index (χ1v) is 6.28. The zero-order chi connectivity index (χ0) is 11.3. The first-order valence-electron chi connectivity index (χ1n) is 5.05. The maximum atomic E-state index is 11.5. The minimum atomic E-state index is 0.0851. The van der Waals surface area contributed by atoms with E-state index in [1.54, 1.807) is 11.8 Å². The van der Waals surface area contributed by atoms with E-state index >= 15 is 0 Å². The molecule has 0 unspecified atom stereocenters. The molecule has 82 valence electrons. The summed E-state index contributed by atoms with van der Waals surface area (Å²) in [7, 11) is 0. The third-order valence-corrected chi connectivity index (χ3v) is 2.71. The molecule has 0 fully saturated rings. The molecule has 0 aliphatic heterocycles. The van der Waals surface area contributed by atoms with Crippen LogP contribution in [0.25, 0.3) is 0 Å². The van der Waals surface area contributed by atoms with Crippen molar-refractivity contribution in [2.75, 3.05) is 11.6 Å². The van der Waals surface area contributed by atoms with Gasteiger partial charge >= 0.3 is 0 Å². The van der Waals surface area contributed by atoms with Gasteiger partial charge in [-0.25, -0.2) is 0 Å². The maximum Gasteiger partial charge on any atom is 0.224 e. The van der Waals surface area contributed by atoms with Gasteiger partial charge in [-0.2, -0.15) is 0 Å². The van der Waals surface area contributed by atoms with Gasteiger partial charge in [0.25, 0.3) is 0 Å². The zero-order valence-corrected chi connectivity index (χ0v) is 10.2. The average Bonchev–Trinajstić information content (AvgIpc) is 2.17. The summed E-state index contributed by atoms with van der Waals surface area (Å²) < 4.78 is 0. The largest absolute Gasteiger partial charge is 0.326 e. The molecule has 0 radical (unpaired) electrons. The Morgan fingerprint density at radius 2 is 1.93 bits per heavy atom. The summed E-state index contributed by atoms with van der Waals surface area (Å²) in [6.07, 6.45) is 2.61. The molecule has 0 spiro atoms. The van der Waals surface area contributed by atoms with Crippen LogP contribution in [0.2, 0.25) is 0 Å². The van der Waals surface area contributed by atoms with E-state index in [9.17, 15) is 4.79 Å². The number of amides is 1. The molecule has 15 heavy (non-hydrogen) atoms. The quantitative estimate of drug-likeness (QED) is 0.793. The molecule has 2 nitrogen and oxygen atoms in total. The highest BCUT2D eigenvalue weighted by atomic mass is 32.2. The van der Waals surface area contributed by atoms with Gasteiger partial charge < -0.3 is 5.32 Å². The van der Waals surface area contributed by atoms with E-state index in [1.807, 2.05) is 44.4 Å². The summed E-state index contributed by atoms with van der Waals surface area (Å²) in [6, 6.07) is 7.89. The minimum absolute atomic E-state index is 0.0851. The Balaban J connectivity index is 2.53. The van der Waals surface area contributed by atoms with E-state index < -0.39 is 0 Å². The van der Waals surface area contributed by atoms with Crippen molar-refractivity contribution in [2.45, 2.75) is 25.2 Å². The SMILES string of the molecule is CSc1ccc(NC(=O)CC(C)C)cc1. The lowest BCUT2D eigenvalue weighted by molar-refractivity contribution is -0.116. The predicted octanol–water partition coefficient (Wildman–Crippen LogP) is 3.39. The molecule has 1 aromatic rings. The molecule has 0 aromatic heterocycles. The third-order valence-electron chi connectivity index (χ3n) is 1.97. The first kappa shape index (κ1) is 12.1. The maximum absolute atomic E-state index is 11.5. The highest BCUT2D eigenvalue weighted by Gasteiger charge is 2.04. The first-order chi connectivity index (χ1) is 7.11. The summed E-state index contributed by atoms with van der Waals surface area (Å²) in [6.45, 7) is 4.08. The standard InChI is InChI=1S/C12H17NOS/c1-9(2)8-12(14)13-10-4-6-11(15-3)7-5-10/h4-7,9H,8H2,1-3H3,(H,13,14). The number of hydrogen-bond donors (Lipinski definition) is 1. The summed E-state index contributed by atoms with van der Waals surface area (Å²) in [5, 5.41) is 2.88. The van der Waals surface area contributed by atoms with E-state index in [2.05, 4.69) is 5.32 Å². The van der Waals surface area contributed by atoms with Crippen molar-refractivity contribution >= 4 is 23.4 Å². The van der Waals surface area contributed by atoms with Crippen LogP contribution in [0.3, 0.4) is 0 Å². The Labute approximate surface area is 95.5 Å². The molecule has 1 aromatic carbocycles. The van der Waals surface area contributed by atoms with Crippen LogP contribution in [0, 0.1) is 5.92 Å². The fraction of sp³-hybridized carbons (Fsp3) is 0.417. The molecule has 0 bridgehead atoms. The van der Waals surface area contributed by atoms with Gasteiger partial charge in [-0.3, -0.25) is 4.79 Å². The van der Waals surface area contributed by atoms with Crippen LogP contribution in [0.15, 0.2) is 29.2 Å². The number of anilines is 1. The Hall–Kier alpha value is -0.960. The van der Waals surface area contributed by atoms with Gasteiger partial charge in [-0.15, -0.1) is 11.8 Å². The van der Waals surface area contributed by atoms with Crippen LogP contribution in [0.5, 0.6) is 0 Å². The second kappa shape index (κ2) is 5.81. The lowest BCUT2D eigenvalue weighted by Crippen LogP contribution is -2.13. The Kier molecular flexibility index (Phi) is 4.69. The molecule has 1 N–H and O–H groups in total. The smallest absolute Gasteiger partial charge is 0.224 e. The number of benzene rings is 1. The molecule has 0 atom stereocenters. The van der Waals surface area contributed by atoms with Crippen molar-refractivity contribution < 1.29 is 4.79 Å². The lowest BCUT2D eigenvalue weighted by atomic mass is 10.1. The monoisotopic (exact) mass is 223 g/mol. The highest BCUT2D eigenvalue weighted by Crippen LogP contribution is 2.17. The van der Waals surface area contributed by atoms with Crippen molar-refractivity contribution in [3.05, 3.63) is 24.3 Å². The van der Waals surface area contributed by atoms with E-state index in [0.29, 0.717) is 12.3 Å². The number of carbonyl (C=O) groups excluding carboxylic acids is 1. The van der Waals surface area contributed by atoms with E-state index in [1.165, 1.54) is 4.90 Å². The molecule has 0 saturated heterocycles. The van der Waals surface area contributed by atoms with E-state index in [-0.39, 0.29) is 5.91 Å². The van der Waals surface area contributed by atoms with Crippen molar-refractivity contribution in [3.63, 3.8) is 0 Å². The molecular formula is C12H17NOS. The van der Waals surface area contributed by atoms with Gasteiger partial charge in [0, 0.05) is 17.0 Å². The lowest BCUT2D eigenvalue weighted by Gasteiger charge is -2.07. The zero-order valence-electron chi connectivity index (χ0n) is 9.41. The number of rotatable bonds is 4. The predicted molar refractivity (Wildman–Crippen MR) is 66.3 cm³/mol. The fourth-order valence-electron chi connectivity index (χ4n) is 1.26. The Morgan fingerprint density at radius 3 is 2.40 bits per heavy atom. The van der Waals surface area contributed by atoms with Crippen LogP contribution < -0.4 is 5.32 Å². The van der Waals surface area contributed by atoms with Crippen LogP contribution in [-0.4, -0.2) is 12.2 Å². The van der Waals surface area contributed by atoms with Crippen LogP contribution in [-0.2, 0) is 4.79 Å². The summed E-state index contributed by atoms with van der Waals surface area (Å²) >= 11 is 1.69. The number of hydrogen-bond acceptors (Lipinski definition) is 2.